The molecule has 22 heavy (non-hydrogen) atoms. The van der Waals surface area contributed by atoms with Crippen LogP contribution in [0.2, 0.25) is 0 Å². The summed E-state index contributed by atoms with van der Waals surface area (Å²) in [6.07, 6.45) is 0. The van der Waals surface area contributed by atoms with Crippen molar-refractivity contribution >= 4 is 27.3 Å². The van der Waals surface area contributed by atoms with Gasteiger partial charge in [0.25, 0.3) is 5.69 Å². The van der Waals surface area contributed by atoms with Crippen molar-refractivity contribution < 1.29 is 19.7 Å². The Labute approximate surface area is 132 Å². The number of non-ortho nitro benzene ring substituents is 1. The lowest BCUT2D eigenvalue weighted by Gasteiger charge is -2.10. The minimum absolute atomic E-state index is 0.146. The molecule has 0 aromatic heterocycles. The first-order valence-electron chi connectivity index (χ1n) is 5.92. The highest BCUT2D eigenvalue weighted by atomic mass is 79.9. The number of nitro benzene ring substituents is 2. The van der Waals surface area contributed by atoms with Crippen LogP contribution >= 0.6 is 15.9 Å². The first-order chi connectivity index (χ1) is 10.4. The molecule has 0 radical (unpaired) electrons. The van der Waals surface area contributed by atoms with Crippen LogP contribution in [0.4, 0.5) is 11.4 Å². The fourth-order valence-electron chi connectivity index (χ4n) is 1.74. The van der Waals surface area contributed by atoms with Gasteiger partial charge in [0.2, 0.25) is 5.75 Å². The second-order valence-electron chi connectivity index (χ2n) is 4.18. The average Bonchev–Trinajstić information content (AvgIpc) is 2.48. The molecular weight excluding hydrogens is 360 g/mol. The van der Waals surface area contributed by atoms with Crippen molar-refractivity contribution in [1.29, 1.82) is 0 Å². The number of benzene rings is 2. The Morgan fingerprint density at radius 3 is 2.32 bits per heavy atom. The molecule has 2 aromatic carbocycles. The van der Waals surface area contributed by atoms with Crippen LogP contribution in [0.25, 0.3) is 0 Å². The standard InChI is InChI=1S/C13H9BrN2O6/c14-9-1-3-12(8(5-9)7-17)22-13-4-2-10(15(18)19)6-11(13)16(20)21/h1-6,17H,7H2. The molecule has 0 aliphatic heterocycles. The zero-order valence-electron chi connectivity index (χ0n) is 10.9. The van der Waals surface area contributed by atoms with Gasteiger partial charge in [-0.1, -0.05) is 15.9 Å². The Morgan fingerprint density at radius 2 is 1.73 bits per heavy atom. The van der Waals surface area contributed by atoms with Crippen LogP contribution in [0, 0.1) is 20.2 Å². The number of aliphatic hydroxyl groups is 1. The lowest BCUT2D eigenvalue weighted by Crippen LogP contribution is -1.98. The Kier molecular flexibility index (Phi) is 4.68. The molecule has 0 saturated heterocycles. The van der Waals surface area contributed by atoms with Gasteiger partial charge < -0.3 is 9.84 Å². The average molecular weight is 369 g/mol. The van der Waals surface area contributed by atoms with Gasteiger partial charge >= 0.3 is 5.69 Å². The Balaban J connectivity index is 2.45. The van der Waals surface area contributed by atoms with Crippen molar-refractivity contribution in [3.05, 3.63) is 66.7 Å². The molecule has 0 amide bonds. The number of hydrogen-bond donors (Lipinski definition) is 1. The van der Waals surface area contributed by atoms with Crippen LogP contribution in [0.3, 0.4) is 0 Å². The topological polar surface area (TPSA) is 116 Å². The summed E-state index contributed by atoms with van der Waals surface area (Å²) in [5.74, 6) is 0.0790. The molecule has 0 atom stereocenters. The third kappa shape index (κ3) is 3.38. The molecule has 0 unspecified atom stereocenters. The van der Waals surface area contributed by atoms with Crippen molar-refractivity contribution in [1.82, 2.24) is 0 Å². The molecule has 0 aliphatic carbocycles. The first-order valence-corrected chi connectivity index (χ1v) is 6.71. The molecule has 0 saturated carbocycles. The highest BCUT2D eigenvalue weighted by Gasteiger charge is 2.21. The van der Waals surface area contributed by atoms with Crippen LogP contribution < -0.4 is 4.74 Å². The highest BCUT2D eigenvalue weighted by molar-refractivity contribution is 9.10. The minimum atomic E-state index is -0.764. The van der Waals surface area contributed by atoms with E-state index in [9.17, 15) is 25.3 Å². The zero-order chi connectivity index (χ0) is 16.3. The summed E-state index contributed by atoms with van der Waals surface area (Å²) < 4.78 is 6.15. The number of nitro groups is 2. The third-order valence-corrected chi connectivity index (χ3v) is 3.26. The molecule has 0 bridgehead atoms. The van der Waals surface area contributed by atoms with Gasteiger partial charge in [-0.05, 0) is 24.3 Å². The predicted octanol–water partition coefficient (Wildman–Crippen LogP) is 3.55. The van der Waals surface area contributed by atoms with Crippen LogP contribution in [-0.4, -0.2) is 15.0 Å². The van der Waals surface area contributed by atoms with E-state index < -0.39 is 21.2 Å². The summed E-state index contributed by atoms with van der Waals surface area (Å²) >= 11 is 3.24. The summed E-state index contributed by atoms with van der Waals surface area (Å²) in [5, 5.41) is 31.0. The molecule has 9 heteroatoms. The molecule has 1 N–H and O–H groups in total. The van der Waals surface area contributed by atoms with Gasteiger partial charge in [0.05, 0.1) is 22.5 Å². The number of rotatable bonds is 5. The Bertz CT molecular complexity index is 749. The van der Waals surface area contributed by atoms with Crippen LogP contribution in [-0.2, 0) is 6.61 Å². The molecule has 0 aliphatic rings. The maximum atomic E-state index is 11.0. The molecular formula is C13H9BrN2O6. The number of nitrogens with zero attached hydrogens (tertiary/aromatic N) is 2. The van der Waals surface area contributed by atoms with Gasteiger partial charge in [0.1, 0.15) is 5.75 Å². The predicted molar refractivity (Wildman–Crippen MR) is 79.9 cm³/mol. The number of aliphatic hydroxyl groups excluding tert-OH is 1. The second kappa shape index (κ2) is 6.50. The van der Waals surface area contributed by atoms with E-state index in [1.54, 1.807) is 12.1 Å². The van der Waals surface area contributed by atoms with Crippen molar-refractivity contribution in [3.8, 4) is 11.5 Å². The van der Waals surface area contributed by atoms with E-state index in [0.29, 0.717) is 10.0 Å². The Morgan fingerprint density at radius 1 is 1.05 bits per heavy atom. The van der Waals surface area contributed by atoms with E-state index in [1.165, 1.54) is 6.07 Å². The van der Waals surface area contributed by atoms with E-state index >= 15 is 0 Å². The Hall–Kier alpha value is -2.52. The lowest BCUT2D eigenvalue weighted by atomic mass is 10.2. The van der Waals surface area contributed by atoms with Crippen LogP contribution in [0.1, 0.15) is 5.56 Å². The molecule has 8 nitrogen and oxygen atoms in total. The smallest absolute Gasteiger partial charge is 0.318 e. The SMILES string of the molecule is O=[N+]([O-])c1ccc(Oc2ccc(Br)cc2CO)c([N+](=O)[O-])c1. The van der Waals surface area contributed by atoms with Gasteiger partial charge in [-0.2, -0.15) is 0 Å². The molecule has 2 aromatic rings. The van der Waals surface area contributed by atoms with E-state index in [1.807, 2.05) is 0 Å². The maximum absolute atomic E-state index is 11.0. The maximum Gasteiger partial charge on any atom is 0.318 e. The van der Waals surface area contributed by atoms with Gasteiger partial charge in [-0.3, -0.25) is 20.2 Å². The molecule has 0 spiro atoms. The van der Waals surface area contributed by atoms with Gasteiger partial charge in [0.15, 0.2) is 0 Å². The van der Waals surface area contributed by atoms with Crippen LogP contribution in [0.15, 0.2) is 40.9 Å². The van der Waals surface area contributed by atoms with Gasteiger partial charge in [-0.25, -0.2) is 0 Å². The third-order valence-electron chi connectivity index (χ3n) is 2.76. The molecule has 114 valence electrons. The largest absolute Gasteiger partial charge is 0.450 e. The fraction of sp³-hybridized carbons (Fsp3) is 0.0769. The quantitative estimate of drug-likeness (QED) is 0.637. The highest BCUT2D eigenvalue weighted by Crippen LogP contribution is 2.36. The monoisotopic (exact) mass is 368 g/mol. The normalized spacial score (nSPS) is 10.3. The molecule has 2 rings (SSSR count). The molecule has 0 fully saturated rings. The summed E-state index contributed by atoms with van der Waals surface area (Å²) in [5.41, 5.74) is -0.514. The van der Waals surface area contributed by atoms with Gasteiger partial charge in [-0.15, -0.1) is 0 Å². The van der Waals surface area contributed by atoms with E-state index in [4.69, 9.17) is 4.74 Å². The first kappa shape index (κ1) is 15.9. The van der Waals surface area contributed by atoms with Gasteiger partial charge in [0, 0.05) is 16.1 Å². The summed E-state index contributed by atoms with van der Waals surface area (Å²) in [4.78, 5) is 20.2. The fourth-order valence-corrected chi connectivity index (χ4v) is 2.15. The van der Waals surface area contributed by atoms with Crippen molar-refractivity contribution in [2.45, 2.75) is 6.61 Å². The lowest BCUT2D eigenvalue weighted by molar-refractivity contribution is -0.394. The van der Waals surface area contributed by atoms with Crippen LogP contribution in [0.5, 0.6) is 11.5 Å². The van der Waals surface area contributed by atoms with Crippen molar-refractivity contribution in [2.24, 2.45) is 0 Å². The minimum Gasteiger partial charge on any atom is -0.450 e. The zero-order valence-corrected chi connectivity index (χ0v) is 12.5. The van der Waals surface area contributed by atoms with Crippen molar-refractivity contribution in [2.75, 3.05) is 0 Å². The number of hydrogen-bond acceptors (Lipinski definition) is 6. The number of ether oxygens (including phenoxy) is 1. The summed E-state index contributed by atoms with van der Waals surface area (Å²) in [6, 6.07) is 7.87. The van der Waals surface area contributed by atoms with E-state index in [0.717, 1.165) is 18.2 Å². The molecule has 0 heterocycles. The second-order valence-corrected chi connectivity index (χ2v) is 5.09. The van der Waals surface area contributed by atoms with E-state index in [-0.39, 0.29) is 18.1 Å². The summed E-state index contributed by atoms with van der Waals surface area (Å²) in [7, 11) is 0. The van der Waals surface area contributed by atoms with Crippen molar-refractivity contribution in [3.63, 3.8) is 0 Å². The summed E-state index contributed by atoms with van der Waals surface area (Å²) in [6.45, 7) is -0.324. The van der Waals surface area contributed by atoms with E-state index in [2.05, 4.69) is 15.9 Å². The number of halogens is 1.